The molecule has 18 heavy (non-hydrogen) atoms. The summed E-state index contributed by atoms with van der Waals surface area (Å²) in [6.45, 7) is 0. The molecular formula is C12H12N2O3S. The van der Waals surface area contributed by atoms with E-state index >= 15 is 0 Å². The topological polar surface area (TPSA) is 87.0 Å². The molecule has 1 aromatic rings. The van der Waals surface area contributed by atoms with Crippen molar-refractivity contribution < 1.29 is 13.2 Å². The number of sulfone groups is 1. The molecule has 0 unspecified atom stereocenters. The maximum atomic E-state index is 11.9. The number of nitrogens with zero attached hydrogens (tertiary/aromatic N) is 1. The molecule has 0 aliphatic heterocycles. The van der Waals surface area contributed by atoms with E-state index in [2.05, 4.69) is 5.32 Å². The second-order valence-corrected chi connectivity index (χ2v) is 6.38. The molecule has 0 spiro atoms. The monoisotopic (exact) mass is 264 g/mol. The minimum atomic E-state index is -3.19. The van der Waals surface area contributed by atoms with E-state index in [4.69, 9.17) is 5.26 Å². The van der Waals surface area contributed by atoms with E-state index in [9.17, 15) is 13.2 Å². The molecule has 0 aromatic heterocycles. The number of nitrogens with one attached hydrogen (secondary N) is 1. The Morgan fingerprint density at radius 3 is 2.44 bits per heavy atom. The van der Waals surface area contributed by atoms with E-state index in [0.717, 1.165) is 12.8 Å². The van der Waals surface area contributed by atoms with Crippen LogP contribution in [-0.4, -0.2) is 19.6 Å². The molecule has 0 saturated heterocycles. The van der Waals surface area contributed by atoms with Crippen LogP contribution < -0.4 is 5.32 Å². The maximum absolute atomic E-state index is 11.9. The lowest BCUT2D eigenvalue weighted by Gasteiger charge is -2.05. The zero-order valence-electron chi connectivity index (χ0n) is 9.59. The van der Waals surface area contributed by atoms with E-state index in [1.807, 2.05) is 0 Å². The van der Waals surface area contributed by atoms with Crippen LogP contribution >= 0.6 is 0 Å². The Morgan fingerprint density at radius 1 is 1.33 bits per heavy atom. The summed E-state index contributed by atoms with van der Waals surface area (Å²) in [4.78, 5) is 11.4. The van der Waals surface area contributed by atoms with Crippen molar-refractivity contribution in [3.63, 3.8) is 0 Å². The minimum Gasteiger partial charge on any atom is -0.325 e. The fraction of sp³-hybridized carbons (Fsp3) is 0.333. The van der Waals surface area contributed by atoms with Gasteiger partial charge < -0.3 is 5.32 Å². The molecule has 1 N–H and O–H groups in total. The third-order valence-corrected chi connectivity index (χ3v) is 4.95. The standard InChI is InChI=1S/C12H12N2O3S/c13-8-7-12(15)14-9-1-3-10(4-2-9)18(16,17)11-5-6-11/h1-4,11H,5-7H2,(H,14,15). The van der Waals surface area contributed by atoms with Gasteiger partial charge in [0.1, 0.15) is 6.42 Å². The van der Waals surface area contributed by atoms with Crippen LogP contribution in [-0.2, 0) is 14.6 Å². The zero-order valence-corrected chi connectivity index (χ0v) is 10.4. The molecule has 0 radical (unpaired) electrons. The summed E-state index contributed by atoms with van der Waals surface area (Å²) in [5.74, 6) is -0.407. The van der Waals surface area contributed by atoms with Gasteiger partial charge in [0.05, 0.1) is 16.2 Å². The van der Waals surface area contributed by atoms with Gasteiger partial charge in [0.15, 0.2) is 9.84 Å². The first kappa shape index (κ1) is 12.6. The SMILES string of the molecule is N#CCC(=O)Nc1ccc(S(=O)(=O)C2CC2)cc1. The lowest BCUT2D eigenvalue weighted by molar-refractivity contribution is -0.115. The van der Waals surface area contributed by atoms with Gasteiger partial charge >= 0.3 is 0 Å². The molecule has 1 aliphatic carbocycles. The van der Waals surface area contributed by atoms with Crippen LogP contribution in [0.5, 0.6) is 0 Å². The van der Waals surface area contributed by atoms with E-state index in [1.165, 1.54) is 24.3 Å². The quantitative estimate of drug-likeness (QED) is 0.892. The van der Waals surface area contributed by atoms with E-state index in [-0.39, 0.29) is 16.6 Å². The smallest absolute Gasteiger partial charge is 0.238 e. The van der Waals surface area contributed by atoms with E-state index in [0.29, 0.717) is 5.69 Å². The molecule has 0 atom stereocenters. The number of benzene rings is 1. The summed E-state index contributed by atoms with van der Waals surface area (Å²) in [6.07, 6.45) is 1.23. The molecule has 0 bridgehead atoms. The van der Waals surface area contributed by atoms with Gasteiger partial charge in [-0.05, 0) is 37.1 Å². The van der Waals surface area contributed by atoms with E-state index in [1.54, 1.807) is 6.07 Å². The van der Waals surface area contributed by atoms with Crippen LogP contribution in [0, 0.1) is 11.3 Å². The first-order valence-electron chi connectivity index (χ1n) is 5.55. The van der Waals surface area contributed by atoms with Gasteiger partial charge in [0, 0.05) is 5.69 Å². The van der Waals surface area contributed by atoms with E-state index < -0.39 is 15.7 Å². The fourth-order valence-electron chi connectivity index (χ4n) is 1.58. The number of hydrogen-bond acceptors (Lipinski definition) is 4. The summed E-state index contributed by atoms with van der Waals surface area (Å²) in [5, 5.41) is 10.6. The normalized spacial score (nSPS) is 14.8. The Kier molecular flexibility index (Phi) is 3.34. The molecule has 2 rings (SSSR count). The fourth-order valence-corrected chi connectivity index (χ4v) is 3.23. The lowest BCUT2D eigenvalue weighted by atomic mass is 10.3. The molecule has 5 nitrogen and oxygen atoms in total. The first-order chi connectivity index (χ1) is 8.54. The number of anilines is 1. The number of hydrogen-bond donors (Lipinski definition) is 1. The summed E-state index contributed by atoms with van der Waals surface area (Å²) in [6, 6.07) is 7.77. The average Bonchev–Trinajstić information content (AvgIpc) is 3.14. The number of nitriles is 1. The number of carbonyl (C=O) groups excluding carboxylic acids is 1. The number of carbonyl (C=O) groups is 1. The van der Waals surface area contributed by atoms with Crippen LogP contribution in [0.2, 0.25) is 0 Å². The Balaban J connectivity index is 2.11. The Hall–Kier alpha value is -1.87. The van der Waals surface area contributed by atoms with Crippen LogP contribution in [0.15, 0.2) is 29.2 Å². The van der Waals surface area contributed by atoms with Gasteiger partial charge in [-0.15, -0.1) is 0 Å². The second kappa shape index (κ2) is 4.78. The highest BCUT2D eigenvalue weighted by molar-refractivity contribution is 7.92. The molecular weight excluding hydrogens is 252 g/mol. The Morgan fingerprint density at radius 2 is 1.94 bits per heavy atom. The van der Waals surface area contributed by atoms with Gasteiger partial charge in [0.2, 0.25) is 5.91 Å². The second-order valence-electron chi connectivity index (χ2n) is 4.15. The predicted octanol–water partition coefficient (Wildman–Crippen LogP) is 1.47. The molecule has 0 heterocycles. The summed E-state index contributed by atoms with van der Waals surface area (Å²) in [7, 11) is -3.19. The first-order valence-corrected chi connectivity index (χ1v) is 7.09. The molecule has 1 aliphatic rings. The predicted molar refractivity (Wildman–Crippen MR) is 65.5 cm³/mol. The van der Waals surface area contributed by atoms with Gasteiger partial charge in [-0.2, -0.15) is 5.26 Å². The summed E-state index contributed by atoms with van der Waals surface area (Å²) in [5.41, 5.74) is 0.491. The Bertz CT molecular complexity index is 595. The van der Waals surface area contributed by atoms with Gasteiger partial charge in [-0.25, -0.2) is 8.42 Å². The van der Waals surface area contributed by atoms with Crippen molar-refractivity contribution >= 4 is 21.4 Å². The van der Waals surface area contributed by atoms with Crippen LogP contribution in [0.4, 0.5) is 5.69 Å². The molecule has 1 amide bonds. The van der Waals surface area contributed by atoms with Gasteiger partial charge in [-0.1, -0.05) is 0 Å². The van der Waals surface area contributed by atoms with Crippen LogP contribution in [0.3, 0.4) is 0 Å². The van der Waals surface area contributed by atoms with Crippen molar-refractivity contribution in [2.75, 3.05) is 5.32 Å². The van der Waals surface area contributed by atoms with Crippen LogP contribution in [0.1, 0.15) is 19.3 Å². The maximum Gasteiger partial charge on any atom is 0.238 e. The molecule has 1 fully saturated rings. The average molecular weight is 264 g/mol. The largest absolute Gasteiger partial charge is 0.325 e. The minimum absolute atomic E-state index is 0.220. The number of rotatable bonds is 4. The highest BCUT2D eigenvalue weighted by atomic mass is 32.2. The van der Waals surface area contributed by atoms with Gasteiger partial charge in [-0.3, -0.25) is 4.79 Å². The molecule has 94 valence electrons. The third-order valence-electron chi connectivity index (χ3n) is 2.67. The van der Waals surface area contributed by atoms with Crippen molar-refractivity contribution in [1.29, 1.82) is 5.26 Å². The zero-order chi connectivity index (χ0) is 13.2. The molecule has 1 saturated carbocycles. The van der Waals surface area contributed by atoms with Crippen LogP contribution in [0.25, 0.3) is 0 Å². The van der Waals surface area contributed by atoms with Crippen molar-refractivity contribution in [2.45, 2.75) is 29.4 Å². The van der Waals surface area contributed by atoms with Gasteiger partial charge in [0.25, 0.3) is 0 Å². The molecule has 6 heteroatoms. The third kappa shape index (κ3) is 2.68. The highest BCUT2D eigenvalue weighted by Crippen LogP contribution is 2.33. The summed E-state index contributed by atoms with van der Waals surface area (Å²) >= 11 is 0. The lowest BCUT2D eigenvalue weighted by Crippen LogP contribution is -2.11. The van der Waals surface area contributed by atoms with Crippen molar-refractivity contribution in [3.8, 4) is 6.07 Å². The van der Waals surface area contributed by atoms with Crippen molar-refractivity contribution in [1.82, 2.24) is 0 Å². The highest BCUT2D eigenvalue weighted by Gasteiger charge is 2.36. The van der Waals surface area contributed by atoms with Crippen molar-refractivity contribution in [2.24, 2.45) is 0 Å². The Labute approximate surface area is 105 Å². The summed E-state index contributed by atoms with van der Waals surface area (Å²) < 4.78 is 23.8. The molecule has 1 aromatic carbocycles. The van der Waals surface area contributed by atoms with Crippen molar-refractivity contribution in [3.05, 3.63) is 24.3 Å². The number of amides is 1.